The first-order chi connectivity index (χ1) is 14.1. The van der Waals surface area contributed by atoms with Crippen molar-refractivity contribution >= 4 is 17.8 Å². The number of oxime groups is 1. The number of hydrogen-bond acceptors (Lipinski definition) is 8. The second-order valence-corrected chi connectivity index (χ2v) is 6.35. The number of carbonyl (C=O) groups excluding carboxylic acids is 1. The van der Waals surface area contributed by atoms with Crippen LogP contribution >= 0.6 is 0 Å². The van der Waals surface area contributed by atoms with Crippen molar-refractivity contribution in [2.75, 3.05) is 31.2 Å². The third-order valence-electron chi connectivity index (χ3n) is 4.43. The molecule has 0 bridgehead atoms. The molecule has 0 radical (unpaired) electrons. The van der Waals surface area contributed by atoms with Crippen molar-refractivity contribution in [1.82, 2.24) is 9.97 Å². The predicted octanol–water partition coefficient (Wildman–Crippen LogP) is 1.84. The molecule has 10 heteroatoms. The second kappa shape index (κ2) is 9.78. The van der Waals surface area contributed by atoms with E-state index in [1.165, 1.54) is 6.07 Å². The number of rotatable bonds is 7. The number of aliphatic hydroxyl groups excluding tert-OH is 1. The number of halogens is 1. The van der Waals surface area contributed by atoms with Gasteiger partial charge in [-0.1, -0.05) is 23.4 Å². The Kier molecular flexibility index (Phi) is 6.90. The number of ether oxygens (including phenoxy) is 1. The smallest absolute Gasteiger partial charge is 0.404 e. The van der Waals surface area contributed by atoms with Gasteiger partial charge in [-0.15, -0.1) is 0 Å². The number of aromatic nitrogens is 2. The Bertz CT molecular complexity index is 865. The topological polar surface area (TPSA) is 123 Å². The number of anilines is 1. The van der Waals surface area contributed by atoms with E-state index in [0.29, 0.717) is 43.0 Å². The van der Waals surface area contributed by atoms with Crippen LogP contribution in [0.15, 0.2) is 35.7 Å². The molecule has 29 heavy (non-hydrogen) atoms. The summed E-state index contributed by atoms with van der Waals surface area (Å²) in [6.45, 7) is 1.19. The molecule has 3 rings (SSSR count). The first kappa shape index (κ1) is 20.5. The lowest BCUT2D eigenvalue weighted by molar-refractivity contribution is 0.0801. The molecule has 1 aromatic heterocycles. The highest BCUT2D eigenvalue weighted by Gasteiger charge is 2.18. The van der Waals surface area contributed by atoms with Gasteiger partial charge in [-0.05, 0) is 0 Å². The molecule has 3 N–H and O–H groups in total. The molecule has 1 saturated heterocycles. The van der Waals surface area contributed by atoms with Crippen LogP contribution in [0.5, 0.6) is 0 Å². The Hall–Kier alpha value is -3.27. The van der Waals surface area contributed by atoms with Crippen LogP contribution in [-0.2, 0) is 16.2 Å². The first-order valence-electron chi connectivity index (χ1n) is 9.14. The van der Waals surface area contributed by atoms with Crippen LogP contribution in [0.1, 0.15) is 18.4 Å². The first-order valence-corrected chi connectivity index (χ1v) is 9.14. The standard InChI is InChI=1S/C19H22FN5O4/c20-17-13(12-26)2-1-3-16(17)14-10-22-19(23-11-14)25-6-4-15(5-7-25)24-29-9-8-28-18(21)27/h1-3,10-11,26H,4-9,12H2,(H2,21,27). The van der Waals surface area contributed by atoms with Crippen LogP contribution in [0.2, 0.25) is 0 Å². The monoisotopic (exact) mass is 403 g/mol. The van der Waals surface area contributed by atoms with E-state index in [4.69, 9.17) is 10.6 Å². The zero-order chi connectivity index (χ0) is 20.6. The van der Waals surface area contributed by atoms with Crippen LogP contribution in [0.25, 0.3) is 11.1 Å². The van der Waals surface area contributed by atoms with Crippen LogP contribution < -0.4 is 10.6 Å². The summed E-state index contributed by atoms with van der Waals surface area (Å²) in [5.74, 6) is 0.0914. The van der Waals surface area contributed by atoms with E-state index in [1.807, 2.05) is 4.90 Å². The zero-order valence-corrected chi connectivity index (χ0v) is 15.8. The molecule has 0 spiro atoms. The number of nitrogens with zero attached hydrogens (tertiary/aromatic N) is 4. The number of nitrogens with two attached hydrogens (primary N) is 1. The maximum absolute atomic E-state index is 14.4. The molecular weight excluding hydrogens is 381 g/mol. The minimum absolute atomic E-state index is 0.0558. The van der Waals surface area contributed by atoms with Gasteiger partial charge >= 0.3 is 6.09 Å². The molecule has 1 aliphatic heterocycles. The lowest BCUT2D eigenvalue weighted by atomic mass is 10.1. The number of hydrogen-bond donors (Lipinski definition) is 2. The van der Waals surface area contributed by atoms with E-state index in [1.54, 1.807) is 24.5 Å². The van der Waals surface area contributed by atoms with Crippen LogP contribution in [0.3, 0.4) is 0 Å². The summed E-state index contributed by atoms with van der Waals surface area (Å²) < 4.78 is 18.9. The summed E-state index contributed by atoms with van der Waals surface area (Å²) in [6, 6.07) is 4.85. The van der Waals surface area contributed by atoms with Gasteiger partial charge < -0.3 is 25.3 Å². The van der Waals surface area contributed by atoms with Crippen molar-refractivity contribution in [1.29, 1.82) is 0 Å². The fourth-order valence-corrected chi connectivity index (χ4v) is 2.92. The minimum Gasteiger partial charge on any atom is -0.446 e. The van der Waals surface area contributed by atoms with Gasteiger partial charge in [0.05, 0.1) is 12.3 Å². The summed E-state index contributed by atoms with van der Waals surface area (Å²) in [4.78, 5) is 26.3. The fraction of sp³-hybridized carbons (Fsp3) is 0.368. The summed E-state index contributed by atoms with van der Waals surface area (Å²) in [7, 11) is 0. The summed E-state index contributed by atoms with van der Waals surface area (Å²) >= 11 is 0. The summed E-state index contributed by atoms with van der Waals surface area (Å²) in [5.41, 5.74) is 6.89. The van der Waals surface area contributed by atoms with Crippen molar-refractivity contribution in [3.8, 4) is 11.1 Å². The molecule has 1 aromatic carbocycles. The number of piperidine rings is 1. The van der Waals surface area contributed by atoms with Gasteiger partial charge in [-0.25, -0.2) is 19.2 Å². The summed E-state index contributed by atoms with van der Waals surface area (Å²) in [5, 5.41) is 13.2. The number of primary amides is 1. The zero-order valence-electron chi connectivity index (χ0n) is 15.8. The van der Waals surface area contributed by atoms with Gasteiger partial charge in [0.15, 0.2) is 6.61 Å². The average Bonchev–Trinajstić information content (AvgIpc) is 2.74. The maximum Gasteiger partial charge on any atom is 0.404 e. The average molecular weight is 403 g/mol. The number of aliphatic hydroxyl groups is 1. The van der Waals surface area contributed by atoms with Gasteiger partial charge in [-0.3, -0.25) is 0 Å². The van der Waals surface area contributed by atoms with Crippen LogP contribution in [0, 0.1) is 5.82 Å². The molecule has 0 unspecified atom stereocenters. The van der Waals surface area contributed by atoms with Gasteiger partial charge in [0.25, 0.3) is 0 Å². The largest absolute Gasteiger partial charge is 0.446 e. The Balaban J connectivity index is 1.55. The Morgan fingerprint density at radius 2 is 1.97 bits per heavy atom. The van der Waals surface area contributed by atoms with Crippen molar-refractivity contribution in [2.24, 2.45) is 10.9 Å². The molecule has 0 saturated carbocycles. The summed E-state index contributed by atoms with van der Waals surface area (Å²) in [6.07, 6.45) is 3.69. The van der Waals surface area contributed by atoms with Gasteiger partial charge in [-0.2, -0.15) is 0 Å². The molecule has 154 valence electrons. The lowest BCUT2D eigenvalue weighted by Crippen LogP contribution is -2.35. The highest BCUT2D eigenvalue weighted by molar-refractivity contribution is 5.86. The predicted molar refractivity (Wildman–Crippen MR) is 104 cm³/mol. The quantitative estimate of drug-likeness (QED) is 0.534. The molecule has 9 nitrogen and oxygen atoms in total. The third-order valence-corrected chi connectivity index (χ3v) is 4.43. The molecule has 1 fully saturated rings. The van der Waals surface area contributed by atoms with Crippen molar-refractivity contribution in [3.63, 3.8) is 0 Å². The molecule has 2 heterocycles. The third kappa shape index (κ3) is 5.38. The van der Waals surface area contributed by atoms with E-state index in [2.05, 4.69) is 19.9 Å². The number of carbonyl (C=O) groups is 1. The minimum atomic E-state index is -0.843. The van der Waals surface area contributed by atoms with Crippen LogP contribution in [-0.4, -0.2) is 53.2 Å². The van der Waals surface area contributed by atoms with E-state index >= 15 is 0 Å². The Morgan fingerprint density at radius 1 is 1.24 bits per heavy atom. The molecule has 1 amide bonds. The molecule has 2 aromatic rings. The number of benzene rings is 1. The van der Waals surface area contributed by atoms with Crippen molar-refractivity contribution < 1.29 is 23.9 Å². The van der Waals surface area contributed by atoms with E-state index in [0.717, 1.165) is 5.71 Å². The maximum atomic E-state index is 14.4. The fourth-order valence-electron chi connectivity index (χ4n) is 2.92. The van der Waals surface area contributed by atoms with Gasteiger partial charge in [0, 0.05) is 55.0 Å². The van der Waals surface area contributed by atoms with Gasteiger partial charge in [0.1, 0.15) is 12.4 Å². The normalized spacial score (nSPS) is 13.9. The second-order valence-electron chi connectivity index (χ2n) is 6.35. The number of amides is 1. The van der Waals surface area contributed by atoms with Crippen molar-refractivity contribution in [3.05, 3.63) is 42.0 Å². The highest BCUT2D eigenvalue weighted by atomic mass is 19.1. The molecule has 0 atom stereocenters. The van der Waals surface area contributed by atoms with E-state index in [9.17, 15) is 14.3 Å². The molecular formula is C19H22FN5O4. The van der Waals surface area contributed by atoms with Crippen LogP contribution in [0.4, 0.5) is 15.1 Å². The molecule has 1 aliphatic rings. The SMILES string of the molecule is NC(=O)OCCON=C1CCN(c2ncc(-c3cccc(CO)c3F)cn2)CC1. The Labute approximate surface area is 167 Å². The molecule has 0 aliphatic carbocycles. The highest BCUT2D eigenvalue weighted by Crippen LogP contribution is 2.25. The van der Waals surface area contributed by atoms with Gasteiger partial charge in [0.2, 0.25) is 5.95 Å². The van der Waals surface area contributed by atoms with E-state index < -0.39 is 11.9 Å². The Morgan fingerprint density at radius 3 is 2.62 bits per heavy atom. The lowest BCUT2D eigenvalue weighted by Gasteiger charge is -2.27. The van der Waals surface area contributed by atoms with E-state index in [-0.39, 0.29) is 25.4 Å². The van der Waals surface area contributed by atoms with Crippen molar-refractivity contribution in [2.45, 2.75) is 19.4 Å².